The molecule has 1 aromatic rings. The van der Waals surface area contributed by atoms with Crippen molar-refractivity contribution in [2.75, 3.05) is 0 Å². The van der Waals surface area contributed by atoms with Gasteiger partial charge in [-0.05, 0) is 31.9 Å². The molecule has 2 nitrogen and oxygen atoms in total. The van der Waals surface area contributed by atoms with E-state index in [1.807, 2.05) is 12.1 Å². The number of benzene rings is 1. The Morgan fingerprint density at radius 1 is 1.20 bits per heavy atom. The maximum absolute atomic E-state index is 6.99. The second-order valence-corrected chi connectivity index (χ2v) is 5.09. The average molecular weight is 200 g/mol. The molecule has 1 aliphatic rings. The van der Waals surface area contributed by atoms with Crippen LogP contribution in [0.1, 0.15) is 31.9 Å². The van der Waals surface area contributed by atoms with Crippen LogP contribution in [-0.4, -0.2) is 10.4 Å². The molecule has 78 valence electrons. The predicted molar refractivity (Wildman–Crippen MR) is 61.7 cm³/mol. The fourth-order valence-electron chi connectivity index (χ4n) is 1.92. The number of hydrogen-bond donors (Lipinski definition) is 0. The van der Waals surface area contributed by atoms with Gasteiger partial charge in [-0.2, -0.15) is 0 Å². The van der Waals surface area contributed by atoms with E-state index >= 15 is 0 Å². The third-order valence-corrected chi connectivity index (χ3v) is 2.99. The summed E-state index contributed by atoms with van der Waals surface area (Å²) >= 11 is 0. The first-order valence-electron chi connectivity index (χ1n) is 5.25. The molecule has 2 heteroatoms. The zero-order chi connectivity index (χ0) is 11.1. The summed E-state index contributed by atoms with van der Waals surface area (Å²) in [5.41, 5.74) is 3.65. The zero-order valence-corrected chi connectivity index (χ0v) is 9.54. The standard InChI is InChI=1S/C13H16N2/c1-13(2,3)15-8-10-5-6-12(14-4)7-11(10)9-15/h5-7H,8-9H2,1-3H3. The number of fused-ring (bicyclic) bond motifs is 1. The summed E-state index contributed by atoms with van der Waals surface area (Å²) in [4.78, 5) is 5.90. The molecule has 0 N–H and O–H groups in total. The van der Waals surface area contributed by atoms with Gasteiger partial charge in [0, 0.05) is 18.6 Å². The highest BCUT2D eigenvalue weighted by atomic mass is 15.2. The maximum Gasteiger partial charge on any atom is 0.187 e. The minimum Gasteiger partial charge on any atom is -0.290 e. The van der Waals surface area contributed by atoms with Crippen molar-refractivity contribution in [3.05, 3.63) is 40.7 Å². The molecule has 0 spiro atoms. The molecule has 0 saturated heterocycles. The first-order valence-corrected chi connectivity index (χ1v) is 5.25. The Morgan fingerprint density at radius 3 is 2.47 bits per heavy atom. The molecule has 0 aromatic heterocycles. The van der Waals surface area contributed by atoms with Crippen LogP contribution in [0.5, 0.6) is 0 Å². The SMILES string of the molecule is [C-]#[N+]c1ccc2c(c1)CN(C(C)(C)C)C2. The third kappa shape index (κ3) is 1.88. The van der Waals surface area contributed by atoms with E-state index in [2.05, 4.69) is 36.6 Å². The second-order valence-electron chi connectivity index (χ2n) is 5.09. The van der Waals surface area contributed by atoms with Crippen LogP contribution in [-0.2, 0) is 13.1 Å². The third-order valence-electron chi connectivity index (χ3n) is 2.99. The van der Waals surface area contributed by atoms with Gasteiger partial charge >= 0.3 is 0 Å². The molecule has 1 aliphatic heterocycles. The molecule has 15 heavy (non-hydrogen) atoms. The Labute approximate surface area is 91.3 Å². The largest absolute Gasteiger partial charge is 0.290 e. The van der Waals surface area contributed by atoms with Crippen LogP contribution in [0.15, 0.2) is 18.2 Å². The lowest BCUT2D eigenvalue weighted by Crippen LogP contribution is -2.36. The smallest absolute Gasteiger partial charge is 0.187 e. The van der Waals surface area contributed by atoms with Crippen molar-refractivity contribution in [2.45, 2.75) is 39.4 Å². The van der Waals surface area contributed by atoms with Crippen LogP contribution in [0.4, 0.5) is 5.69 Å². The lowest BCUT2D eigenvalue weighted by Gasteiger charge is -2.31. The van der Waals surface area contributed by atoms with Crippen molar-refractivity contribution in [3.63, 3.8) is 0 Å². The van der Waals surface area contributed by atoms with Gasteiger partial charge in [-0.25, -0.2) is 4.85 Å². The average Bonchev–Trinajstić information content (AvgIpc) is 2.59. The van der Waals surface area contributed by atoms with Crippen molar-refractivity contribution in [2.24, 2.45) is 0 Å². The molecule has 0 aliphatic carbocycles. The topological polar surface area (TPSA) is 7.60 Å². The van der Waals surface area contributed by atoms with Crippen LogP contribution < -0.4 is 0 Å². The van der Waals surface area contributed by atoms with Gasteiger partial charge in [0.05, 0.1) is 6.57 Å². The number of rotatable bonds is 0. The van der Waals surface area contributed by atoms with Crippen molar-refractivity contribution in [1.29, 1.82) is 0 Å². The lowest BCUT2D eigenvalue weighted by atomic mass is 10.1. The molecule has 1 aromatic carbocycles. The van der Waals surface area contributed by atoms with Crippen LogP contribution in [0, 0.1) is 6.57 Å². The highest BCUT2D eigenvalue weighted by Crippen LogP contribution is 2.31. The van der Waals surface area contributed by atoms with Gasteiger partial charge in [0.2, 0.25) is 0 Å². The van der Waals surface area contributed by atoms with Crippen molar-refractivity contribution >= 4 is 5.69 Å². The van der Waals surface area contributed by atoms with Gasteiger partial charge in [0.25, 0.3) is 0 Å². The summed E-state index contributed by atoms with van der Waals surface area (Å²) in [6.45, 7) is 15.7. The van der Waals surface area contributed by atoms with E-state index in [-0.39, 0.29) is 5.54 Å². The summed E-state index contributed by atoms with van der Waals surface area (Å²) in [5, 5.41) is 0. The molecule has 0 atom stereocenters. The second kappa shape index (κ2) is 3.36. The molecular formula is C13H16N2. The molecular weight excluding hydrogens is 184 g/mol. The summed E-state index contributed by atoms with van der Waals surface area (Å²) in [5.74, 6) is 0. The Morgan fingerprint density at radius 2 is 1.87 bits per heavy atom. The van der Waals surface area contributed by atoms with Gasteiger partial charge in [-0.3, -0.25) is 4.90 Å². The monoisotopic (exact) mass is 200 g/mol. The van der Waals surface area contributed by atoms with Crippen molar-refractivity contribution in [3.8, 4) is 0 Å². The molecule has 1 heterocycles. The molecule has 0 amide bonds. The molecule has 2 rings (SSSR count). The van der Waals surface area contributed by atoms with Crippen molar-refractivity contribution < 1.29 is 0 Å². The van der Waals surface area contributed by atoms with E-state index < -0.39 is 0 Å². The lowest BCUT2D eigenvalue weighted by molar-refractivity contribution is 0.136. The van der Waals surface area contributed by atoms with Gasteiger partial charge in [0.15, 0.2) is 5.69 Å². The molecule has 0 radical (unpaired) electrons. The Bertz CT molecular complexity index is 421. The summed E-state index contributed by atoms with van der Waals surface area (Å²) in [6, 6.07) is 6.03. The van der Waals surface area contributed by atoms with Gasteiger partial charge in [0.1, 0.15) is 0 Å². The predicted octanol–water partition coefficient (Wildman–Crippen LogP) is 3.35. The van der Waals surface area contributed by atoms with Crippen LogP contribution in [0.3, 0.4) is 0 Å². The zero-order valence-electron chi connectivity index (χ0n) is 9.54. The summed E-state index contributed by atoms with van der Waals surface area (Å²) in [6.07, 6.45) is 0. The number of nitrogens with zero attached hydrogens (tertiary/aromatic N) is 2. The van der Waals surface area contributed by atoms with E-state index in [0.29, 0.717) is 0 Å². The van der Waals surface area contributed by atoms with E-state index in [0.717, 1.165) is 18.8 Å². The molecule has 0 unspecified atom stereocenters. The quantitative estimate of drug-likeness (QED) is 0.583. The van der Waals surface area contributed by atoms with Crippen LogP contribution in [0.25, 0.3) is 4.85 Å². The highest BCUT2D eigenvalue weighted by Gasteiger charge is 2.27. The minimum atomic E-state index is 0.206. The molecule has 0 bridgehead atoms. The fraction of sp³-hybridized carbons (Fsp3) is 0.462. The molecule has 0 saturated carbocycles. The Balaban J connectivity index is 2.29. The van der Waals surface area contributed by atoms with E-state index in [1.165, 1.54) is 11.1 Å². The van der Waals surface area contributed by atoms with Crippen molar-refractivity contribution in [1.82, 2.24) is 4.90 Å². The van der Waals surface area contributed by atoms with E-state index in [9.17, 15) is 0 Å². The minimum absolute atomic E-state index is 0.206. The Kier molecular flexibility index (Phi) is 2.28. The molecule has 0 fully saturated rings. The Hall–Kier alpha value is -1.33. The van der Waals surface area contributed by atoms with E-state index in [1.54, 1.807) is 0 Å². The summed E-state index contributed by atoms with van der Waals surface area (Å²) in [7, 11) is 0. The van der Waals surface area contributed by atoms with E-state index in [4.69, 9.17) is 6.57 Å². The fourth-order valence-corrected chi connectivity index (χ4v) is 1.92. The van der Waals surface area contributed by atoms with Gasteiger partial charge in [-0.1, -0.05) is 18.2 Å². The summed E-state index contributed by atoms with van der Waals surface area (Å²) < 4.78 is 0. The first kappa shape index (κ1) is 10.2. The number of hydrogen-bond acceptors (Lipinski definition) is 1. The van der Waals surface area contributed by atoms with Crippen LogP contribution in [0.2, 0.25) is 0 Å². The highest BCUT2D eigenvalue weighted by molar-refractivity contribution is 5.50. The van der Waals surface area contributed by atoms with Gasteiger partial charge in [-0.15, -0.1) is 0 Å². The van der Waals surface area contributed by atoms with Crippen LogP contribution >= 0.6 is 0 Å². The van der Waals surface area contributed by atoms with Gasteiger partial charge < -0.3 is 0 Å². The first-order chi connectivity index (χ1) is 7.00. The maximum atomic E-state index is 6.99. The normalized spacial score (nSPS) is 16.1.